The van der Waals surface area contributed by atoms with E-state index in [1.807, 2.05) is 0 Å². The second-order valence-corrected chi connectivity index (χ2v) is 9.15. The summed E-state index contributed by atoms with van der Waals surface area (Å²) in [7, 11) is 0. The third kappa shape index (κ3) is 7.26. The number of rotatable bonds is 6. The van der Waals surface area contributed by atoms with E-state index in [0.29, 0.717) is 16.7 Å². The lowest BCUT2D eigenvalue weighted by Crippen LogP contribution is -2.53. The average Bonchev–Trinajstić information content (AvgIpc) is 2.88. The molecule has 1 aliphatic heterocycles. The molecule has 200 valence electrons. The molecule has 10 nitrogen and oxygen atoms in total. The molecule has 2 amide bonds. The van der Waals surface area contributed by atoms with Gasteiger partial charge in [-0.1, -0.05) is 18.7 Å². The SMILES string of the molecule is C=C1N[C@H](C(=O)NCCN)Cc2cc(ccc2F)-c2ccc(O)c(c2)C[C@H](N)C(=O)N[C@H]1CC(O)CN. The van der Waals surface area contributed by atoms with E-state index in [4.69, 9.17) is 17.2 Å². The summed E-state index contributed by atoms with van der Waals surface area (Å²) in [6, 6.07) is 6.56. The zero-order valence-corrected chi connectivity index (χ0v) is 20.5. The number of fused-ring (bicyclic) bond motifs is 5. The lowest BCUT2D eigenvalue weighted by molar-refractivity contribution is -0.123. The lowest BCUT2D eigenvalue weighted by Gasteiger charge is -2.29. The van der Waals surface area contributed by atoms with Crippen LogP contribution in [0.5, 0.6) is 5.75 Å². The van der Waals surface area contributed by atoms with Crippen molar-refractivity contribution in [2.24, 2.45) is 17.2 Å². The molecule has 1 aliphatic rings. The van der Waals surface area contributed by atoms with Gasteiger partial charge in [0.05, 0.1) is 18.2 Å². The van der Waals surface area contributed by atoms with Crippen LogP contribution in [-0.4, -0.2) is 65.9 Å². The molecular weight excluding hydrogens is 479 g/mol. The summed E-state index contributed by atoms with van der Waals surface area (Å²) < 4.78 is 14.9. The van der Waals surface area contributed by atoms with Crippen LogP contribution in [0.25, 0.3) is 11.1 Å². The molecule has 0 aromatic heterocycles. The molecule has 1 unspecified atom stereocenters. The number of benzene rings is 2. The van der Waals surface area contributed by atoms with Crippen LogP contribution in [0.3, 0.4) is 0 Å². The molecule has 0 aliphatic carbocycles. The molecule has 11 N–H and O–H groups in total. The van der Waals surface area contributed by atoms with Crippen LogP contribution in [0.1, 0.15) is 17.5 Å². The van der Waals surface area contributed by atoms with Crippen LogP contribution in [0.15, 0.2) is 48.7 Å². The quantitative estimate of drug-likeness (QED) is 0.250. The van der Waals surface area contributed by atoms with Crippen molar-refractivity contribution in [3.05, 3.63) is 65.6 Å². The Balaban J connectivity index is 2.09. The van der Waals surface area contributed by atoms with Crippen molar-refractivity contribution in [1.82, 2.24) is 16.0 Å². The van der Waals surface area contributed by atoms with E-state index in [1.165, 1.54) is 12.1 Å². The number of aliphatic hydroxyl groups excluding tert-OH is 1. The van der Waals surface area contributed by atoms with Crippen molar-refractivity contribution < 1.29 is 24.2 Å². The fraction of sp³-hybridized carbons (Fsp3) is 0.385. The summed E-state index contributed by atoms with van der Waals surface area (Å²) in [5, 5.41) is 29.0. The van der Waals surface area contributed by atoms with Gasteiger partial charge in [-0.05, 0) is 46.5 Å². The number of carbonyl (C=O) groups excluding carboxylic acids is 2. The van der Waals surface area contributed by atoms with E-state index in [0.717, 1.165) is 0 Å². The van der Waals surface area contributed by atoms with Crippen LogP contribution < -0.4 is 33.2 Å². The molecule has 4 bridgehead atoms. The second-order valence-electron chi connectivity index (χ2n) is 9.15. The molecule has 0 spiro atoms. The highest BCUT2D eigenvalue weighted by Gasteiger charge is 2.28. The van der Waals surface area contributed by atoms with Crippen molar-refractivity contribution >= 4 is 11.8 Å². The topological polar surface area (TPSA) is 189 Å². The molecule has 0 fully saturated rings. The molecule has 1 heterocycles. The van der Waals surface area contributed by atoms with Crippen LogP contribution in [-0.2, 0) is 22.4 Å². The van der Waals surface area contributed by atoms with E-state index >= 15 is 0 Å². The molecule has 37 heavy (non-hydrogen) atoms. The summed E-state index contributed by atoms with van der Waals surface area (Å²) in [5.74, 6) is -1.51. The summed E-state index contributed by atoms with van der Waals surface area (Å²) in [4.78, 5) is 26.0. The number of carbonyl (C=O) groups is 2. The summed E-state index contributed by atoms with van der Waals surface area (Å²) in [6.45, 7) is 4.34. The minimum absolute atomic E-state index is 0.00249. The largest absolute Gasteiger partial charge is 0.508 e. The number of nitrogens with two attached hydrogens (primary N) is 3. The highest BCUT2D eigenvalue weighted by molar-refractivity contribution is 5.84. The molecule has 4 atom stereocenters. The highest BCUT2D eigenvalue weighted by Crippen LogP contribution is 2.29. The number of phenols is 1. The van der Waals surface area contributed by atoms with Crippen molar-refractivity contribution in [2.75, 3.05) is 19.6 Å². The predicted octanol–water partition coefficient (Wildman–Crippen LogP) is -0.634. The third-order valence-corrected chi connectivity index (χ3v) is 6.30. The number of hydrogen-bond acceptors (Lipinski definition) is 8. The van der Waals surface area contributed by atoms with Crippen molar-refractivity contribution in [2.45, 2.75) is 43.5 Å². The third-order valence-electron chi connectivity index (χ3n) is 6.30. The first-order valence-electron chi connectivity index (χ1n) is 12.1. The minimum Gasteiger partial charge on any atom is -0.508 e. The van der Waals surface area contributed by atoms with E-state index in [1.54, 1.807) is 24.3 Å². The normalized spacial score (nSPS) is 21.2. The summed E-state index contributed by atoms with van der Waals surface area (Å²) in [5.41, 5.74) is 19.5. The average molecular weight is 515 g/mol. The molecule has 0 saturated heterocycles. The van der Waals surface area contributed by atoms with Gasteiger partial charge in [0.15, 0.2) is 0 Å². The molecule has 2 aromatic carbocycles. The Kier molecular flexibility index (Phi) is 9.59. The monoisotopic (exact) mass is 514 g/mol. The van der Waals surface area contributed by atoms with Gasteiger partial charge < -0.3 is 43.4 Å². The Hall–Kier alpha value is -3.51. The first-order chi connectivity index (χ1) is 17.6. The number of halogens is 1. The summed E-state index contributed by atoms with van der Waals surface area (Å²) >= 11 is 0. The molecule has 11 heteroatoms. The van der Waals surface area contributed by atoms with Gasteiger partial charge in [-0.25, -0.2) is 4.39 Å². The maximum atomic E-state index is 14.9. The van der Waals surface area contributed by atoms with E-state index in [-0.39, 0.29) is 55.9 Å². The highest BCUT2D eigenvalue weighted by atomic mass is 19.1. The molecule has 3 rings (SSSR count). The van der Waals surface area contributed by atoms with Gasteiger partial charge in [0.25, 0.3) is 0 Å². The zero-order valence-electron chi connectivity index (χ0n) is 20.5. The van der Waals surface area contributed by atoms with Crippen LogP contribution >= 0.6 is 0 Å². The first kappa shape index (κ1) is 28.1. The first-order valence-corrected chi connectivity index (χ1v) is 12.1. The van der Waals surface area contributed by atoms with Gasteiger partial charge in [-0.2, -0.15) is 0 Å². The van der Waals surface area contributed by atoms with Crippen molar-refractivity contribution in [3.63, 3.8) is 0 Å². The Morgan fingerprint density at radius 3 is 2.49 bits per heavy atom. The number of phenolic OH excluding ortho intramolecular Hbond substituents is 1. The Labute approximate surface area is 215 Å². The Bertz CT molecular complexity index is 1140. The van der Waals surface area contributed by atoms with Crippen LogP contribution in [0.2, 0.25) is 0 Å². The van der Waals surface area contributed by atoms with E-state index in [2.05, 4.69) is 22.5 Å². The molecule has 2 aromatic rings. The van der Waals surface area contributed by atoms with Gasteiger partial charge >= 0.3 is 0 Å². The number of aromatic hydroxyl groups is 1. The number of nitrogens with one attached hydrogen (secondary N) is 3. The maximum absolute atomic E-state index is 14.9. The number of hydrogen-bond donors (Lipinski definition) is 8. The predicted molar refractivity (Wildman–Crippen MR) is 139 cm³/mol. The zero-order chi connectivity index (χ0) is 27.1. The fourth-order valence-electron chi connectivity index (χ4n) is 4.18. The number of aliphatic hydroxyl groups is 1. The lowest BCUT2D eigenvalue weighted by atomic mass is 9.95. The van der Waals surface area contributed by atoms with Crippen molar-refractivity contribution in [1.29, 1.82) is 0 Å². The summed E-state index contributed by atoms with van der Waals surface area (Å²) in [6.07, 6.45) is -0.987. The van der Waals surface area contributed by atoms with E-state index < -0.39 is 41.9 Å². The molecule has 0 saturated carbocycles. The van der Waals surface area contributed by atoms with Gasteiger partial charge in [0.1, 0.15) is 17.6 Å². The fourth-order valence-corrected chi connectivity index (χ4v) is 4.18. The number of amides is 2. The van der Waals surface area contributed by atoms with Gasteiger partial charge in [-0.3, -0.25) is 9.59 Å². The second kappa shape index (κ2) is 12.6. The maximum Gasteiger partial charge on any atom is 0.242 e. The Morgan fingerprint density at radius 2 is 1.81 bits per heavy atom. The standard InChI is InChI=1S/C26H35FN6O4/c1-14-22(12-19(34)13-29)33-25(36)21(30)10-18-9-16(3-5-24(18)35)15-2-4-20(27)17(8-15)11-23(32-14)26(37)31-7-6-28/h2-5,8-9,19,21-23,32,34-35H,1,6-7,10-13,28-30H2,(H,31,37)(H,33,36)/t19?,21-,22-,23-/m0/s1. The van der Waals surface area contributed by atoms with Crippen LogP contribution in [0.4, 0.5) is 4.39 Å². The Morgan fingerprint density at radius 1 is 1.14 bits per heavy atom. The molecular formula is C26H35FN6O4. The minimum atomic E-state index is -1.04. The van der Waals surface area contributed by atoms with Gasteiger partial charge in [0.2, 0.25) is 11.8 Å². The molecule has 0 radical (unpaired) electrons. The smallest absolute Gasteiger partial charge is 0.242 e. The van der Waals surface area contributed by atoms with E-state index in [9.17, 15) is 24.2 Å². The van der Waals surface area contributed by atoms with Crippen molar-refractivity contribution in [3.8, 4) is 16.9 Å². The van der Waals surface area contributed by atoms with Crippen LogP contribution in [0, 0.1) is 5.82 Å². The van der Waals surface area contributed by atoms with Gasteiger partial charge in [-0.15, -0.1) is 0 Å². The van der Waals surface area contributed by atoms with Gasteiger partial charge in [0, 0.05) is 44.6 Å².